The van der Waals surface area contributed by atoms with Gasteiger partial charge in [-0.25, -0.2) is 0 Å². The third-order valence-corrected chi connectivity index (χ3v) is 3.42. The first kappa shape index (κ1) is 14.0. The van der Waals surface area contributed by atoms with E-state index in [1.165, 1.54) is 5.56 Å². The Morgan fingerprint density at radius 2 is 1.95 bits per heavy atom. The van der Waals surface area contributed by atoms with Crippen LogP contribution in [0.25, 0.3) is 22.9 Å². The van der Waals surface area contributed by atoms with Crippen LogP contribution in [-0.2, 0) is 0 Å². The molecule has 1 heterocycles. The minimum absolute atomic E-state index is 0.969. The van der Waals surface area contributed by atoms with Crippen LogP contribution in [0.4, 0.5) is 0 Å². The molecule has 100 valence electrons. The molecule has 0 unspecified atom stereocenters. The third kappa shape index (κ3) is 2.77. The zero-order valence-corrected chi connectivity index (χ0v) is 12.1. The molecule has 1 heteroatoms. The summed E-state index contributed by atoms with van der Waals surface area (Å²) in [5.74, 6) is 0. The van der Waals surface area contributed by atoms with Gasteiger partial charge in [0.25, 0.3) is 0 Å². The number of benzene rings is 1. The van der Waals surface area contributed by atoms with Crippen LogP contribution in [-0.4, -0.2) is 4.98 Å². The molecule has 0 aliphatic rings. The summed E-state index contributed by atoms with van der Waals surface area (Å²) in [5.41, 5.74) is 6.63. The Labute approximate surface area is 121 Å². The summed E-state index contributed by atoms with van der Waals surface area (Å²) in [6.07, 6.45) is 7.65. The van der Waals surface area contributed by atoms with Gasteiger partial charge in [-0.3, -0.25) is 4.98 Å². The Balaban J connectivity index is 2.40. The van der Waals surface area contributed by atoms with Crippen molar-refractivity contribution in [2.75, 3.05) is 0 Å². The molecule has 0 spiro atoms. The highest BCUT2D eigenvalue weighted by molar-refractivity contribution is 5.74. The lowest BCUT2D eigenvalue weighted by atomic mass is 10.0. The van der Waals surface area contributed by atoms with Crippen molar-refractivity contribution in [1.29, 1.82) is 0 Å². The van der Waals surface area contributed by atoms with Gasteiger partial charge < -0.3 is 0 Å². The normalized spacial score (nSPS) is 11.2. The van der Waals surface area contributed by atoms with Gasteiger partial charge in [0.2, 0.25) is 0 Å². The van der Waals surface area contributed by atoms with Crippen LogP contribution in [0, 0.1) is 6.92 Å². The van der Waals surface area contributed by atoms with Gasteiger partial charge in [-0.1, -0.05) is 49.6 Å². The molecule has 20 heavy (non-hydrogen) atoms. The zero-order valence-electron chi connectivity index (χ0n) is 12.1. The lowest BCUT2D eigenvalue weighted by Crippen LogP contribution is -1.89. The van der Waals surface area contributed by atoms with E-state index < -0.39 is 0 Å². The van der Waals surface area contributed by atoms with E-state index in [1.54, 1.807) is 0 Å². The van der Waals surface area contributed by atoms with E-state index in [9.17, 15) is 0 Å². The van der Waals surface area contributed by atoms with Crippen molar-refractivity contribution < 1.29 is 0 Å². The van der Waals surface area contributed by atoms with Crippen LogP contribution in [0.3, 0.4) is 0 Å². The maximum absolute atomic E-state index is 4.55. The largest absolute Gasteiger partial charge is 0.256 e. The molecule has 0 amide bonds. The minimum Gasteiger partial charge on any atom is -0.256 e. The van der Waals surface area contributed by atoms with E-state index in [-0.39, 0.29) is 0 Å². The van der Waals surface area contributed by atoms with Crippen molar-refractivity contribution >= 4 is 11.6 Å². The Kier molecular flexibility index (Phi) is 4.31. The van der Waals surface area contributed by atoms with Crippen molar-refractivity contribution in [2.24, 2.45) is 0 Å². The van der Waals surface area contributed by atoms with Crippen LogP contribution >= 0.6 is 0 Å². The Bertz CT molecular complexity index is 661. The fourth-order valence-electron chi connectivity index (χ4n) is 2.16. The monoisotopic (exact) mass is 261 g/mol. The summed E-state index contributed by atoms with van der Waals surface area (Å²) in [6.45, 7) is 11.7. The van der Waals surface area contributed by atoms with Crippen LogP contribution in [0.2, 0.25) is 0 Å². The van der Waals surface area contributed by atoms with E-state index in [4.69, 9.17) is 0 Å². The predicted octanol–water partition coefficient (Wildman–Crippen LogP) is 5.29. The molecule has 0 atom stereocenters. The predicted molar refractivity (Wildman–Crippen MR) is 88.3 cm³/mol. The summed E-state index contributed by atoms with van der Waals surface area (Å²) < 4.78 is 0. The smallest absolute Gasteiger partial charge is 0.0702 e. The lowest BCUT2D eigenvalue weighted by molar-refractivity contribution is 1.30. The van der Waals surface area contributed by atoms with Gasteiger partial charge in [0.05, 0.1) is 5.69 Å². The molecule has 0 N–H and O–H groups in total. The Morgan fingerprint density at radius 1 is 1.15 bits per heavy atom. The number of pyridine rings is 1. The molecule has 2 aromatic rings. The first-order chi connectivity index (χ1) is 9.69. The van der Waals surface area contributed by atoms with Gasteiger partial charge in [-0.05, 0) is 48.2 Å². The van der Waals surface area contributed by atoms with Crippen molar-refractivity contribution in [2.45, 2.75) is 13.8 Å². The fourth-order valence-corrected chi connectivity index (χ4v) is 2.16. The Hall–Kier alpha value is -2.41. The molecule has 1 aromatic carbocycles. The first-order valence-corrected chi connectivity index (χ1v) is 6.68. The number of hydrogen-bond acceptors (Lipinski definition) is 1. The Morgan fingerprint density at radius 3 is 2.50 bits per heavy atom. The summed E-state index contributed by atoms with van der Waals surface area (Å²) in [6, 6.07) is 10.4. The molecular weight excluding hydrogens is 242 g/mol. The summed E-state index contributed by atoms with van der Waals surface area (Å²) in [4.78, 5) is 4.55. The second-order valence-corrected chi connectivity index (χ2v) is 4.66. The molecule has 0 aliphatic heterocycles. The minimum atomic E-state index is 0.969. The average Bonchev–Trinajstić information content (AvgIpc) is 2.50. The molecule has 0 saturated carbocycles. The third-order valence-electron chi connectivity index (χ3n) is 3.42. The topological polar surface area (TPSA) is 12.9 Å². The number of rotatable bonds is 4. The molecule has 1 nitrogen and oxygen atoms in total. The molecule has 0 aliphatic carbocycles. The van der Waals surface area contributed by atoms with Gasteiger partial charge in [0.15, 0.2) is 0 Å². The van der Waals surface area contributed by atoms with Gasteiger partial charge >= 0.3 is 0 Å². The van der Waals surface area contributed by atoms with Gasteiger partial charge in [0, 0.05) is 11.8 Å². The maximum atomic E-state index is 4.55. The van der Waals surface area contributed by atoms with E-state index in [2.05, 4.69) is 49.3 Å². The highest BCUT2D eigenvalue weighted by Gasteiger charge is 2.03. The second kappa shape index (κ2) is 6.16. The molecule has 2 rings (SSSR count). The number of hydrogen-bond donors (Lipinski definition) is 0. The highest BCUT2D eigenvalue weighted by Crippen LogP contribution is 2.23. The van der Waals surface area contributed by atoms with E-state index in [1.807, 2.05) is 37.4 Å². The molecule has 0 saturated heterocycles. The molecule has 0 bridgehead atoms. The number of aromatic nitrogens is 1. The highest BCUT2D eigenvalue weighted by atomic mass is 14.7. The zero-order chi connectivity index (χ0) is 14.5. The van der Waals surface area contributed by atoms with E-state index >= 15 is 0 Å². The lowest BCUT2D eigenvalue weighted by Gasteiger charge is -2.07. The summed E-state index contributed by atoms with van der Waals surface area (Å²) in [5, 5.41) is 0. The van der Waals surface area contributed by atoms with Crippen molar-refractivity contribution in [3.63, 3.8) is 0 Å². The summed E-state index contributed by atoms with van der Waals surface area (Å²) >= 11 is 0. The SMILES string of the molecule is C=C/C(=C\C)c1ccc(-c2ccc(C)c(C=C)c2)nc1. The first-order valence-electron chi connectivity index (χ1n) is 6.68. The average molecular weight is 261 g/mol. The molecule has 1 aromatic heterocycles. The van der Waals surface area contributed by atoms with Crippen molar-refractivity contribution in [3.8, 4) is 11.3 Å². The molecule has 0 radical (unpaired) electrons. The fraction of sp³-hybridized carbons (Fsp3) is 0.105. The van der Waals surface area contributed by atoms with Crippen LogP contribution in [0.5, 0.6) is 0 Å². The van der Waals surface area contributed by atoms with Crippen LogP contribution < -0.4 is 0 Å². The number of nitrogens with zero attached hydrogens (tertiary/aromatic N) is 1. The number of allylic oxidation sites excluding steroid dienone is 3. The second-order valence-electron chi connectivity index (χ2n) is 4.66. The summed E-state index contributed by atoms with van der Waals surface area (Å²) in [7, 11) is 0. The molecular formula is C19H19N. The quantitative estimate of drug-likeness (QED) is 0.681. The maximum Gasteiger partial charge on any atom is 0.0702 e. The van der Waals surface area contributed by atoms with Gasteiger partial charge in [-0.15, -0.1) is 0 Å². The van der Waals surface area contributed by atoms with Crippen molar-refractivity contribution in [1.82, 2.24) is 4.98 Å². The van der Waals surface area contributed by atoms with Gasteiger partial charge in [0.1, 0.15) is 0 Å². The molecule has 0 fully saturated rings. The van der Waals surface area contributed by atoms with E-state index in [0.29, 0.717) is 0 Å². The number of aryl methyl sites for hydroxylation is 1. The van der Waals surface area contributed by atoms with Crippen LogP contribution in [0.15, 0.2) is 61.8 Å². The standard InChI is InChI=1S/C19H19N/c1-5-15(6-2)18-10-11-19(20-13-18)17-9-8-14(4)16(7-3)12-17/h5-13H,1,3H2,2,4H3/b15-6+. The van der Waals surface area contributed by atoms with Crippen LogP contribution in [0.1, 0.15) is 23.6 Å². The van der Waals surface area contributed by atoms with E-state index in [0.717, 1.165) is 28.0 Å². The van der Waals surface area contributed by atoms with Gasteiger partial charge in [-0.2, -0.15) is 0 Å². The van der Waals surface area contributed by atoms with Crippen molar-refractivity contribution in [3.05, 3.63) is 78.5 Å².